The molecule has 0 saturated carbocycles. The van der Waals surface area contributed by atoms with Crippen molar-refractivity contribution in [2.24, 2.45) is 0 Å². The molecule has 0 aliphatic carbocycles. The summed E-state index contributed by atoms with van der Waals surface area (Å²) in [5.41, 5.74) is 1.97. The van der Waals surface area contributed by atoms with E-state index in [0.29, 0.717) is 0 Å². The van der Waals surface area contributed by atoms with E-state index in [4.69, 9.17) is 0 Å². The summed E-state index contributed by atoms with van der Waals surface area (Å²) in [6.45, 7) is 1.73. The maximum atomic E-state index is 10.4. The number of hydrogen-bond acceptors (Lipinski definition) is 0. The topological polar surface area (TPSA) is 19.9 Å². The molecule has 0 heterocycles. The normalized spacial score (nSPS) is 11.6. The molecule has 0 saturated heterocycles. The van der Waals surface area contributed by atoms with Gasteiger partial charge in [0, 0.05) is 0 Å². The van der Waals surface area contributed by atoms with Crippen LogP contribution in [-0.4, -0.2) is 6.61 Å². The van der Waals surface area contributed by atoms with Gasteiger partial charge in [0.05, 0.1) is 0 Å². The predicted molar refractivity (Wildman–Crippen MR) is 45.6 cm³/mol. The summed E-state index contributed by atoms with van der Waals surface area (Å²) in [5, 5.41) is 10.4. The molecule has 0 bridgehead atoms. The van der Waals surface area contributed by atoms with E-state index in [0.717, 1.165) is 11.1 Å². The van der Waals surface area contributed by atoms with Crippen molar-refractivity contribution in [1.29, 1.82) is 0 Å². The number of benzene rings is 1. The smallest absolute Gasteiger partial charge is 0.103 e. The molecule has 57 valence electrons. The van der Waals surface area contributed by atoms with Gasteiger partial charge in [-0.15, -0.1) is 0 Å². The molecule has 1 nitrogen and oxygen atoms in total. The van der Waals surface area contributed by atoms with Crippen LogP contribution in [0.3, 0.4) is 0 Å². The molecule has 1 radical (unpaired) electrons. The molecule has 0 unspecified atom stereocenters. The molecule has 11 heavy (non-hydrogen) atoms. The van der Waals surface area contributed by atoms with Crippen LogP contribution >= 0.6 is 0 Å². The zero-order valence-electron chi connectivity index (χ0n) is 6.58. The lowest BCUT2D eigenvalue weighted by molar-refractivity contribution is 0.224. The molecule has 0 amide bonds. The fourth-order valence-corrected chi connectivity index (χ4v) is 0.875. The summed E-state index contributed by atoms with van der Waals surface area (Å²) in [6, 6.07) is 9.86. The Morgan fingerprint density at radius 3 is 2.55 bits per heavy atom. The molecular weight excluding hydrogens is 136 g/mol. The van der Waals surface area contributed by atoms with Gasteiger partial charge < -0.3 is 0 Å². The summed E-state index contributed by atoms with van der Waals surface area (Å²) in [6.07, 6.45) is 1.91. The number of hydrogen-bond donors (Lipinski definition) is 0. The minimum atomic E-state index is -0.116. The van der Waals surface area contributed by atoms with Crippen LogP contribution < -0.4 is 0 Å². The summed E-state index contributed by atoms with van der Waals surface area (Å²) in [7, 11) is 0. The van der Waals surface area contributed by atoms with Gasteiger partial charge in [0.15, 0.2) is 0 Å². The summed E-state index contributed by atoms with van der Waals surface area (Å²) < 4.78 is 0. The third kappa shape index (κ3) is 2.56. The highest BCUT2D eigenvalue weighted by molar-refractivity contribution is 5.51. The number of rotatable bonds is 2. The van der Waals surface area contributed by atoms with Crippen LogP contribution in [0.4, 0.5) is 0 Å². The molecule has 0 aliphatic rings. The Morgan fingerprint density at radius 1 is 1.36 bits per heavy atom. The van der Waals surface area contributed by atoms with Crippen LogP contribution in [0.2, 0.25) is 0 Å². The van der Waals surface area contributed by atoms with Crippen molar-refractivity contribution in [3.63, 3.8) is 0 Å². The molecule has 0 fully saturated rings. The molecule has 0 aliphatic heterocycles. The molecule has 0 spiro atoms. The largest absolute Gasteiger partial charge is 0.232 e. The van der Waals surface area contributed by atoms with E-state index in [1.165, 1.54) is 0 Å². The predicted octanol–water partition coefficient (Wildman–Crippen LogP) is 2.52. The molecule has 1 rings (SSSR count). The van der Waals surface area contributed by atoms with Crippen LogP contribution in [0.25, 0.3) is 6.08 Å². The Labute approximate surface area is 67.0 Å². The summed E-state index contributed by atoms with van der Waals surface area (Å²) >= 11 is 0. The summed E-state index contributed by atoms with van der Waals surface area (Å²) in [5.74, 6) is 0. The zero-order valence-corrected chi connectivity index (χ0v) is 6.58. The van der Waals surface area contributed by atoms with E-state index >= 15 is 0 Å². The van der Waals surface area contributed by atoms with Crippen molar-refractivity contribution in [3.8, 4) is 0 Å². The van der Waals surface area contributed by atoms with Gasteiger partial charge in [-0.3, -0.25) is 0 Å². The van der Waals surface area contributed by atoms with Gasteiger partial charge in [-0.05, 0) is 18.1 Å². The molecule has 1 heteroatoms. The first-order valence-corrected chi connectivity index (χ1v) is 3.63. The fraction of sp³-hybridized carbons (Fsp3) is 0.200. The van der Waals surface area contributed by atoms with Crippen molar-refractivity contribution in [2.75, 3.05) is 6.61 Å². The van der Waals surface area contributed by atoms with Gasteiger partial charge in [0.2, 0.25) is 0 Å². The van der Waals surface area contributed by atoms with Gasteiger partial charge in [0.25, 0.3) is 0 Å². The van der Waals surface area contributed by atoms with Gasteiger partial charge in [0.1, 0.15) is 6.61 Å². The van der Waals surface area contributed by atoms with Crippen molar-refractivity contribution in [3.05, 3.63) is 41.5 Å². The minimum Gasteiger partial charge on any atom is -0.232 e. The highest BCUT2D eigenvalue weighted by Gasteiger charge is 1.87. The van der Waals surface area contributed by atoms with Gasteiger partial charge in [-0.2, -0.15) is 0 Å². The average Bonchev–Trinajstić information content (AvgIpc) is 2.06. The third-order valence-corrected chi connectivity index (χ3v) is 1.44. The SMILES string of the molecule is CC(=Cc1ccccc1)C[O]. The zero-order chi connectivity index (χ0) is 8.10. The maximum absolute atomic E-state index is 10.4. The van der Waals surface area contributed by atoms with Crippen molar-refractivity contribution in [2.45, 2.75) is 6.92 Å². The Hall–Kier alpha value is -1.08. The van der Waals surface area contributed by atoms with Gasteiger partial charge >= 0.3 is 0 Å². The Morgan fingerprint density at radius 2 is 2.00 bits per heavy atom. The average molecular weight is 147 g/mol. The first kappa shape index (κ1) is 8.02. The lowest BCUT2D eigenvalue weighted by Crippen LogP contribution is -1.81. The van der Waals surface area contributed by atoms with Crippen LogP contribution in [0, 0.1) is 0 Å². The summed E-state index contributed by atoms with van der Waals surface area (Å²) in [4.78, 5) is 0. The first-order chi connectivity index (χ1) is 5.33. The molecule has 0 N–H and O–H groups in total. The van der Waals surface area contributed by atoms with E-state index in [-0.39, 0.29) is 6.61 Å². The van der Waals surface area contributed by atoms with Crippen molar-refractivity contribution in [1.82, 2.24) is 0 Å². The van der Waals surface area contributed by atoms with Gasteiger partial charge in [-0.1, -0.05) is 36.4 Å². The van der Waals surface area contributed by atoms with Crippen LogP contribution in [0.5, 0.6) is 0 Å². The Kier molecular flexibility index (Phi) is 2.87. The van der Waals surface area contributed by atoms with Crippen LogP contribution in [0.1, 0.15) is 12.5 Å². The quantitative estimate of drug-likeness (QED) is 0.612. The van der Waals surface area contributed by atoms with Gasteiger partial charge in [-0.25, -0.2) is 5.11 Å². The second-order valence-corrected chi connectivity index (χ2v) is 2.55. The van der Waals surface area contributed by atoms with Crippen LogP contribution in [0.15, 0.2) is 35.9 Å². The van der Waals surface area contributed by atoms with Crippen LogP contribution in [-0.2, 0) is 5.11 Å². The lowest BCUT2D eigenvalue weighted by Gasteiger charge is -1.93. The van der Waals surface area contributed by atoms with Crippen molar-refractivity contribution >= 4 is 6.08 Å². The molecular formula is C10H11O. The Balaban J connectivity index is 2.79. The first-order valence-electron chi connectivity index (χ1n) is 3.63. The van der Waals surface area contributed by atoms with E-state index in [1.807, 2.05) is 43.3 Å². The highest BCUT2D eigenvalue weighted by atomic mass is 16.3. The van der Waals surface area contributed by atoms with E-state index in [1.54, 1.807) is 0 Å². The molecule has 0 atom stereocenters. The molecule has 1 aromatic carbocycles. The van der Waals surface area contributed by atoms with E-state index in [2.05, 4.69) is 0 Å². The second-order valence-electron chi connectivity index (χ2n) is 2.55. The third-order valence-electron chi connectivity index (χ3n) is 1.44. The maximum Gasteiger partial charge on any atom is 0.103 e. The molecule has 1 aromatic rings. The monoisotopic (exact) mass is 147 g/mol. The standard InChI is InChI=1S/C10H11O/c1-9(8-11)7-10-5-3-2-4-6-10/h2-7H,8H2,1H3. The molecule has 0 aromatic heterocycles. The highest BCUT2D eigenvalue weighted by Crippen LogP contribution is 2.04. The van der Waals surface area contributed by atoms with E-state index < -0.39 is 0 Å². The minimum absolute atomic E-state index is 0.116. The lowest BCUT2D eigenvalue weighted by atomic mass is 10.1. The second kappa shape index (κ2) is 3.94. The van der Waals surface area contributed by atoms with E-state index in [9.17, 15) is 5.11 Å². The fourth-order valence-electron chi connectivity index (χ4n) is 0.875. The Bertz CT molecular complexity index is 236. The van der Waals surface area contributed by atoms with Crippen molar-refractivity contribution < 1.29 is 5.11 Å².